The van der Waals surface area contributed by atoms with Gasteiger partial charge in [0.1, 0.15) is 18.3 Å². The van der Waals surface area contributed by atoms with Gasteiger partial charge in [0.15, 0.2) is 6.61 Å². The van der Waals surface area contributed by atoms with Gasteiger partial charge >= 0.3 is 0 Å². The van der Waals surface area contributed by atoms with E-state index in [1.165, 1.54) is 0 Å². The Labute approximate surface area is 221 Å². The number of nitrogens with zero attached hydrogens (tertiary/aromatic N) is 3. The maximum Gasteiger partial charge on any atom is 0.261 e. The van der Waals surface area contributed by atoms with E-state index < -0.39 is 0 Å². The lowest BCUT2D eigenvalue weighted by Gasteiger charge is -2.40. The van der Waals surface area contributed by atoms with Crippen molar-refractivity contribution in [2.45, 2.75) is 25.9 Å². The number of carbonyl (C=O) groups is 2. The zero-order valence-electron chi connectivity index (χ0n) is 20.8. The van der Waals surface area contributed by atoms with E-state index in [1.807, 2.05) is 98.9 Å². The lowest BCUT2D eigenvalue weighted by atomic mass is 9.97. The van der Waals surface area contributed by atoms with Crippen LogP contribution in [-0.2, 0) is 9.59 Å². The van der Waals surface area contributed by atoms with Crippen molar-refractivity contribution in [1.29, 1.82) is 0 Å². The Balaban J connectivity index is 1.47. The van der Waals surface area contributed by atoms with Crippen molar-refractivity contribution in [2.24, 2.45) is 0 Å². The number of rotatable bonds is 7. The molecule has 4 aromatic rings. The summed E-state index contributed by atoms with van der Waals surface area (Å²) in [5.41, 5.74) is 3.59. The number of halogens is 1. The second-order valence-corrected chi connectivity index (χ2v) is 9.66. The van der Waals surface area contributed by atoms with Gasteiger partial charge in [0.2, 0.25) is 5.91 Å². The van der Waals surface area contributed by atoms with E-state index in [1.54, 1.807) is 21.9 Å². The quantitative estimate of drug-likeness (QED) is 0.310. The van der Waals surface area contributed by atoms with E-state index in [0.29, 0.717) is 10.8 Å². The Morgan fingerprint density at radius 1 is 0.892 bits per heavy atom. The lowest BCUT2D eigenvalue weighted by Crippen LogP contribution is -2.49. The predicted molar refractivity (Wildman–Crippen MR) is 145 cm³/mol. The molecule has 5 rings (SSSR count). The molecular formula is C30H28ClN3O3. The molecule has 1 unspecified atom stereocenters. The van der Waals surface area contributed by atoms with Gasteiger partial charge in [-0.3, -0.25) is 14.5 Å². The molecule has 0 aliphatic carbocycles. The molecule has 0 spiro atoms. The highest BCUT2D eigenvalue weighted by atomic mass is 35.5. The van der Waals surface area contributed by atoms with Crippen LogP contribution < -0.4 is 9.64 Å². The number of hydrogen-bond donors (Lipinski definition) is 0. The van der Waals surface area contributed by atoms with Crippen molar-refractivity contribution in [1.82, 2.24) is 9.47 Å². The summed E-state index contributed by atoms with van der Waals surface area (Å²) >= 11 is 6.18. The SMILES string of the molecule is CC(C)N(CC(=O)N1c2ccccc2-n2cccc2C1c1ccc(Cl)cc1)C(=O)COc1ccccc1. The molecule has 1 aliphatic heterocycles. The third-order valence-corrected chi connectivity index (χ3v) is 6.78. The zero-order chi connectivity index (χ0) is 25.9. The molecule has 2 amide bonds. The van der Waals surface area contributed by atoms with Crippen molar-refractivity contribution in [2.75, 3.05) is 18.1 Å². The number of benzene rings is 3. The molecule has 0 N–H and O–H groups in total. The van der Waals surface area contributed by atoms with Gasteiger partial charge in [0.05, 0.1) is 17.1 Å². The monoisotopic (exact) mass is 513 g/mol. The Hall–Kier alpha value is -4.03. The first-order chi connectivity index (χ1) is 17.9. The van der Waals surface area contributed by atoms with Gasteiger partial charge in [-0.05, 0) is 67.9 Å². The number of para-hydroxylation sites is 3. The molecule has 1 atom stereocenters. The zero-order valence-corrected chi connectivity index (χ0v) is 21.5. The summed E-state index contributed by atoms with van der Waals surface area (Å²) in [6.45, 7) is 3.59. The smallest absolute Gasteiger partial charge is 0.261 e. The first-order valence-electron chi connectivity index (χ1n) is 12.3. The molecule has 0 saturated heterocycles. The van der Waals surface area contributed by atoms with Crippen LogP contribution >= 0.6 is 11.6 Å². The summed E-state index contributed by atoms with van der Waals surface area (Å²) in [5, 5.41) is 0.628. The van der Waals surface area contributed by atoms with E-state index in [2.05, 4.69) is 4.57 Å². The average molecular weight is 514 g/mol. The Kier molecular flexibility index (Phi) is 7.01. The number of anilines is 1. The van der Waals surface area contributed by atoms with Gasteiger partial charge in [-0.1, -0.05) is 54.1 Å². The molecule has 1 aliphatic rings. The van der Waals surface area contributed by atoms with Gasteiger partial charge in [-0.2, -0.15) is 0 Å². The molecule has 2 heterocycles. The van der Waals surface area contributed by atoms with Crippen molar-refractivity contribution in [3.05, 3.63) is 113 Å². The van der Waals surface area contributed by atoms with Crippen LogP contribution in [-0.4, -0.2) is 40.5 Å². The number of ether oxygens (including phenoxy) is 1. The van der Waals surface area contributed by atoms with Crippen LogP contribution in [0.25, 0.3) is 5.69 Å². The molecule has 7 heteroatoms. The summed E-state index contributed by atoms with van der Waals surface area (Å²) < 4.78 is 7.80. The summed E-state index contributed by atoms with van der Waals surface area (Å²) in [7, 11) is 0. The standard InChI is InChI=1S/C30H28ClN3O3/c1-21(2)33(29(36)20-37-24-9-4-3-5-10-24)19-28(35)34-26-12-7-6-11-25(26)32-18-8-13-27(32)30(34)22-14-16-23(31)17-15-22/h3-18,21,30H,19-20H2,1-2H3. The summed E-state index contributed by atoms with van der Waals surface area (Å²) in [6.07, 6.45) is 2.00. The summed E-state index contributed by atoms with van der Waals surface area (Å²) in [4.78, 5) is 30.6. The van der Waals surface area contributed by atoms with Crippen molar-refractivity contribution in [3.63, 3.8) is 0 Å². The molecule has 1 aromatic heterocycles. The highest BCUT2D eigenvalue weighted by Crippen LogP contribution is 2.42. The normalized spacial score (nSPS) is 14.2. The van der Waals surface area contributed by atoms with E-state index in [4.69, 9.17) is 16.3 Å². The number of carbonyl (C=O) groups excluding carboxylic acids is 2. The predicted octanol–water partition coefficient (Wildman–Crippen LogP) is 5.88. The van der Waals surface area contributed by atoms with Crippen molar-refractivity contribution < 1.29 is 14.3 Å². The van der Waals surface area contributed by atoms with Crippen LogP contribution in [0.1, 0.15) is 31.1 Å². The maximum atomic E-state index is 14.1. The minimum absolute atomic E-state index is 0.0756. The van der Waals surface area contributed by atoms with E-state index >= 15 is 0 Å². The molecule has 3 aromatic carbocycles. The molecule has 6 nitrogen and oxygen atoms in total. The third kappa shape index (κ3) is 4.98. The first kappa shape index (κ1) is 24.7. The number of hydrogen-bond acceptors (Lipinski definition) is 3. The molecule has 0 saturated carbocycles. The van der Waals surface area contributed by atoms with Crippen LogP contribution in [0.15, 0.2) is 97.2 Å². The summed E-state index contributed by atoms with van der Waals surface area (Å²) in [6, 6.07) is 28.0. The Morgan fingerprint density at radius 2 is 1.57 bits per heavy atom. The van der Waals surface area contributed by atoms with E-state index in [9.17, 15) is 9.59 Å². The van der Waals surface area contributed by atoms with Crippen molar-refractivity contribution >= 4 is 29.1 Å². The molecule has 188 valence electrons. The molecule has 0 radical (unpaired) electrons. The van der Waals surface area contributed by atoms with Crippen LogP contribution in [0.3, 0.4) is 0 Å². The van der Waals surface area contributed by atoms with Gasteiger partial charge in [0, 0.05) is 17.3 Å². The van der Waals surface area contributed by atoms with E-state index in [0.717, 1.165) is 22.6 Å². The summed E-state index contributed by atoms with van der Waals surface area (Å²) in [5.74, 6) is 0.185. The van der Waals surface area contributed by atoms with Crippen molar-refractivity contribution in [3.8, 4) is 11.4 Å². The van der Waals surface area contributed by atoms with Gasteiger partial charge < -0.3 is 14.2 Å². The molecular weight excluding hydrogens is 486 g/mol. The Morgan fingerprint density at radius 3 is 2.27 bits per heavy atom. The van der Waals surface area contributed by atoms with Crippen LogP contribution in [0.2, 0.25) is 5.02 Å². The van der Waals surface area contributed by atoms with Crippen LogP contribution in [0.4, 0.5) is 5.69 Å². The number of amides is 2. The van der Waals surface area contributed by atoms with Gasteiger partial charge in [-0.15, -0.1) is 0 Å². The van der Waals surface area contributed by atoms with Crippen LogP contribution in [0, 0.1) is 0 Å². The van der Waals surface area contributed by atoms with Crippen LogP contribution in [0.5, 0.6) is 5.75 Å². The minimum atomic E-state index is -0.376. The molecule has 37 heavy (non-hydrogen) atoms. The highest BCUT2D eigenvalue weighted by Gasteiger charge is 2.37. The fraction of sp³-hybridized carbons (Fsp3) is 0.200. The second-order valence-electron chi connectivity index (χ2n) is 9.23. The fourth-order valence-electron chi connectivity index (χ4n) is 4.75. The highest BCUT2D eigenvalue weighted by molar-refractivity contribution is 6.30. The number of fused-ring (bicyclic) bond motifs is 3. The average Bonchev–Trinajstić information content (AvgIpc) is 3.40. The first-order valence-corrected chi connectivity index (χ1v) is 12.6. The molecule has 0 bridgehead atoms. The largest absolute Gasteiger partial charge is 0.484 e. The lowest BCUT2D eigenvalue weighted by molar-refractivity contribution is -0.138. The topological polar surface area (TPSA) is 54.8 Å². The second kappa shape index (κ2) is 10.5. The molecule has 0 fully saturated rings. The minimum Gasteiger partial charge on any atom is -0.484 e. The number of aromatic nitrogens is 1. The fourth-order valence-corrected chi connectivity index (χ4v) is 4.87. The Bertz CT molecular complexity index is 1400. The van der Waals surface area contributed by atoms with Gasteiger partial charge in [0.25, 0.3) is 5.91 Å². The van der Waals surface area contributed by atoms with Gasteiger partial charge in [-0.25, -0.2) is 0 Å². The maximum absolute atomic E-state index is 14.1. The van der Waals surface area contributed by atoms with E-state index in [-0.39, 0.29) is 37.0 Å². The third-order valence-electron chi connectivity index (χ3n) is 6.53.